The number of nitrogens with one attached hydrogen (secondary N) is 2. The summed E-state index contributed by atoms with van der Waals surface area (Å²) in [5.41, 5.74) is -0.165. The molecule has 4 amide bonds. The molecule has 0 radical (unpaired) electrons. The minimum atomic E-state index is -1.21. The molecule has 0 bridgehead atoms. The van der Waals surface area contributed by atoms with Gasteiger partial charge in [0.25, 0.3) is 0 Å². The van der Waals surface area contributed by atoms with Gasteiger partial charge in [-0.15, -0.1) is 0 Å². The van der Waals surface area contributed by atoms with Crippen LogP contribution in [0.3, 0.4) is 0 Å². The fourth-order valence-electron chi connectivity index (χ4n) is 5.12. The number of amides is 4. The summed E-state index contributed by atoms with van der Waals surface area (Å²) in [6.07, 6.45) is 0.262. The molecule has 0 saturated carbocycles. The zero-order valence-corrected chi connectivity index (χ0v) is 21.1. The van der Waals surface area contributed by atoms with Crippen molar-refractivity contribution < 1.29 is 28.0 Å². The van der Waals surface area contributed by atoms with Crippen LogP contribution in [0.5, 0.6) is 0 Å². The monoisotopic (exact) mass is 523 g/mol. The number of halogens is 2. The molecule has 9 nitrogen and oxygen atoms in total. The van der Waals surface area contributed by atoms with E-state index < -0.39 is 46.9 Å². The number of benzene rings is 2. The summed E-state index contributed by atoms with van der Waals surface area (Å²) in [5, 5.41) is 14.8. The van der Waals surface area contributed by atoms with Crippen molar-refractivity contribution in [1.29, 1.82) is 5.26 Å². The number of likely N-dealkylation sites (tertiary alicyclic amines) is 1. The molecule has 2 heterocycles. The molecule has 0 aliphatic carbocycles. The van der Waals surface area contributed by atoms with E-state index in [1.807, 2.05) is 13.8 Å². The molecular formula is C27H27F2N5O4. The molecule has 2 aromatic carbocycles. The van der Waals surface area contributed by atoms with Gasteiger partial charge in [-0.2, -0.15) is 5.26 Å². The topological polar surface area (TPSA) is 123 Å². The highest BCUT2D eigenvalue weighted by Gasteiger charge is 2.56. The molecule has 4 rings (SSSR count). The first kappa shape index (κ1) is 26.7. The van der Waals surface area contributed by atoms with Crippen molar-refractivity contribution in [2.45, 2.75) is 44.2 Å². The van der Waals surface area contributed by atoms with Gasteiger partial charge in [-0.3, -0.25) is 19.2 Å². The van der Waals surface area contributed by atoms with Crippen molar-refractivity contribution >= 4 is 35.0 Å². The van der Waals surface area contributed by atoms with Crippen LogP contribution in [-0.4, -0.2) is 59.1 Å². The van der Waals surface area contributed by atoms with Crippen molar-refractivity contribution in [2.24, 2.45) is 5.92 Å². The highest BCUT2D eigenvalue weighted by atomic mass is 19.1. The molecule has 1 saturated heterocycles. The molecule has 0 aromatic heterocycles. The predicted octanol–water partition coefficient (Wildman–Crippen LogP) is 2.79. The van der Waals surface area contributed by atoms with Gasteiger partial charge in [0.2, 0.25) is 11.8 Å². The van der Waals surface area contributed by atoms with E-state index >= 15 is 0 Å². The maximum Gasteiger partial charge on any atom is 0.313 e. The lowest BCUT2D eigenvalue weighted by Crippen LogP contribution is -2.53. The summed E-state index contributed by atoms with van der Waals surface area (Å²) >= 11 is 0. The average Bonchev–Trinajstić information content (AvgIpc) is 3.41. The van der Waals surface area contributed by atoms with E-state index in [9.17, 15) is 33.2 Å². The normalized spacial score (nSPS) is 20.6. The molecule has 2 N–H and O–H groups in total. The van der Waals surface area contributed by atoms with E-state index in [4.69, 9.17) is 0 Å². The number of para-hydroxylation sites is 1. The lowest BCUT2D eigenvalue weighted by atomic mass is 9.80. The van der Waals surface area contributed by atoms with Gasteiger partial charge >= 0.3 is 11.8 Å². The Bertz CT molecular complexity index is 1360. The molecule has 11 heteroatoms. The molecule has 2 aliphatic heterocycles. The quantitative estimate of drug-likeness (QED) is 0.584. The van der Waals surface area contributed by atoms with E-state index in [0.29, 0.717) is 17.3 Å². The van der Waals surface area contributed by atoms with Gasteiger partial charge in [-0.05, 0) is 36.1 Å². The summed E-state index contributed by atoms with van der Waals surface area (Å²) in [6, 6.07) is 9.63. The fourth-order valence-corrected chi connectivity index (χ4v) is 5.12. The summed E-state index contributed by atoms with van der Waals surface area (Å²) < 4.78 is 27.2. The maximum atomic E-state index is 14.0. The molecule has 2 aliphatic rings. The Morgan fingerprint density at radius 3 is 2.61 bits per heavy atom. The number of hydrogen-bond donors (Lipinski definition) is 2. The Balaban J connectivity index is 1.59. The summed E-state index contributed by atoms with van der Waals surface area (Å²) in [4.78, 5) is 54.8. The first-order valence-electron chi connectivity index (χ1n) is 12.1. The van der Waals surface area contributed by atoms with E-state index in [1.165, 1.54) is 11.9 Å². The van der Waals surface area contributed by atoms with Crippen LogP contribution in [0.2, 0.25) is 0 Å². The van der Waals surface area contributed by atoms with Crippen LogP contribution in [0.15, 0.2) is 42.5 Å². The smallest absolute Gasteiger partial charge is 0.313 e. The van der Waals surface area contributed by atoms with Crippen LogP contribution in [0.1, 0.15) is 32.3 Å². The lowest BCUT2D eigenvalue weighted by Gasteiger charge is -2.33. The number of carbonyl (C=O) groups is 4. The summed E-state index contributed by atoms with van der Waals surface area (Å²) in [5.74, 6) is -5.18. The number of hydrogen-bond acceptors (Lipinski definition) is 5. The van der Waals surface area contributed by atoms with Crippen LogP contribution < -0.4 is 10.6 Å². The third-order valence-electron chi connectivity index (χ3n) is 7.06. The molecule has 38 heavy (non-hydrogen) atoms. The van der Waals surface area contributed by atoms with Crippen molar-refractivity contribution in [3.05, 3.63) is 59.7 Å². The number of rotatable bonds is 5. The molecule has 3 atom stereocenters. The van der Waals surface area contributed by atoms with Gasteiger partial charge in [-0.1, -0.05) is 32.0 Å². The molecular weight excluding hydrogens is 496 g/mol. The Kier molecular flexibility index (Phi) is 7.18. The standard InChI is InChI=1S/C27H27F2N5O4/c1-15(2)10-22(33(3)25(37)23(35)31-21-9-8-16(28)11-19(21)29)24(36)34-14-27(12-17(34)13-30)18-6-4-5-7-20(18)32-26(27)38/h4-9,11,15,17,22H,10,12,14H2,1-3H3,(H,31,35)(H,32,38)/t17-,22-,27-/m0/s1. The second-order valence-electron chi connectivity index (χ2n) is 10.0. The van der Waals surface area contributed by atoms with Crippen molar-refractivity contribution in [3.63, 3.8) is 0 Å². The maximum absolute atomic E-state index is 14.0. The number of carbonyl (C=O) groups excluding carboxylic acids is 4. The summed E-state index contributed by atoms with van der Waals surface area (Å²) in [7, 11) is 1.28. The van der Waals surface area contributed by atoms with Crippen LogP contribution >= 0.6 is 0 Å². The van der Waals surface area contributed by atoms with Crippen LogP contribution in [0.25, 0.3) is 0 Å². The molecule has 198 valence electrons. The predicted molar refractivity (Wildman–Crippen MR) is 133 cm³/mol. The lowest BCUT2D eigenvalue weighted by molar-refractivity contribution is -0.149. The fraction of sp³-hybridized carbons (Fsp3) is 0.370. The first-order chi connectivity index (χ1) is 18.0. The molecule has 1 spiro atoms. The number of fused-ring (bicyclic) bond motifs is 2. The van der Waals surface area contributed by atoms with Gasteiger partial charge in [0.1, 0.15) is 23.7 Å². The Morgan fingerprint density at radius 1 is 1.24 bits per heavy atom. The SMILES string of the molecule is CC(C)C[C@@H](C(=O)N1C[C@]2(C[C@H]1C#N)C(=O)Nc1ccccc12)N(C)C(=O)C(=O)Nc1ccc(F)cc1F. The number of anilines is 2. The third-order valence-corrected chi connectivity index (χ3v) is 7.06. The number of likely N-dealkylation sites (N-methyl/N-ethyl adjacent to an activating group) is 1. The minimum Gasteiger partial charge on any atom is -0.325 e. The number of nitriles is 1. The second kappa shape index (κ2) is 10.2. The van der Waals surface area contributed by atoms with Gasteiger partial charge in [-0.25, -0.2) is 8.78 Å². The highest BCUT2D eigenvalue weighted by Crippen LogP contribution is 2.46. The molecule has 0 unspecified atom stereocenters. The third kappa shape index (κ3) is 4.69. The largest absolute Gasteiger partial charge is 0.325 e. The second-order valence-corrected chi connectivity index (χ2v) is 10.0. The zero-order valence-electron chi connectivity index (χ0n) is 21.1. The Hall–Kier alpha value is -4.33. The van der Waals surface area contributed by atoms with Gasteiger partial charge in [0.15, 0.2) is 0 Å². The van der Waals surface area contributed by atoms with E-state index in [1.54, 1.807) is 24.3 Å². The average molecular weight is 524 g/mol. The zero-order chi connectivity index (χ0) is 27.8. The number of nitrogens with zero attached hydrogens (tertiary/aromatic N) is 3. The van der Waals surface area contributed by atoms with Gasteiger partial charge < -0.3 is 20.4 Å². The van der Waals surface area contributed by atoms with Gasteiger partial charge in [0, 0.05) is 31.8 Å². The summed E-state index contributed by atoms with van der Waals surface area (Å²) in [6.45, 7) is 3.61. The van der Waals surface area contributed by atoms with Crippen molar-refractivity contribution in [3.8, 4) is 6.07 Å². The van der Waals surface area contributed by atoms with E-state index in [2.05, 4.69) is 16.7 Å². The minimum absolute atomic E-state index is 0.0590. The van der Waals surface area contributed by atoms with Crippen LogP contribution in [0.4, 0.5) is 20.2 Å². The van der Waals surface area contributed by atoms with Gasteiger partial charge in [0.05, 0.1) is 17.2 Å². The highest BCUT2D eigenvalue weighted by molar-refractivity contribution is 6.39. The Morgan fingerprint density at radius 2 is 1.95 bits per heavy atom. The molecule has 1 fully saturated rings. The van der Waals surface area contributed by atoms with Crippen molar-refractivity contribution in [1.82, 2.24) is 9.80 Å². The van der Waals surface area contributed by atoms with Crippen LogP contribution in [0, 0.1) is 28.9 Å². The van der Waals surface area contributed by atoms with Crippen molar-refractivity contribution in [2.75, 3.05) is 24.2 Å². The van der Waals surface area contributed by atoms with E-state index in [-0.39, 0.29) is 36.9 Å². The van der Waals surface area contributed by atoms with E-state index in [0.717, 1.165) is 17.0 Å². The first-order valence-corrected chi connectivity index (χ1v) is 12.1. The Labute approximate surface area is 218 Å². The van der Waals surface area contributed by atoms with Crippen LogP contribution in [-0.2, 0) is 24.6 Å². The molecule has 2 aromatic rings.